The first-order chi connectivity index (χ1) is 12.4. The van der Waals surface area contributed by atoms with E-state index in [-0.39, 0.29) is 0 Å². The van der Waals surface area contributed by atoms with E-state index in [1.807, 2.05) is 30.3 Å². The first-order valence-electron chi connectivity index (χ1n) is 8.35. The SMILES string of the molecule is CCC(=Cc1ccc2cccc(OP(=O)(Cl)Cl)c2c1)c1ccccc1C. The second kappa shape index (κ2) is 7.88. The Labute approximate surface area is 163 Å². The van der Waals surface area contributed by atoms with Crippen LogP contribution in [-0.2, 0) is 4.57 Å². The van der Waals surface area contributed by atoms with Crippen LogP contribution in [0.15, 0.2) is 60.7 Å². The smallest absolute Gasteiger partial charge is 0.422 e. The molecule has 0 aliphatic rings. The van der Waals surface area contributed by atoms with Gasteiger partial charge >= 0.3 is 6.07 Å². The van der Waals surface area contributed by atoms with E-state index in [0.29, 0.717) is 5.75 Å². The molecular weight excluding hydrogens is 386 g/mol. The minimum absolute atomic E-state index is 0.417. The molecule has 0 fully saturated rings. The van der Waals surface area contributed by atoms with Crippen molar-refractivity contribution in [1.82, 2.24) is 0 Å². The molecule has 0 saturated heterocycles. The molecule has 0 N–H and O–H groups in total. The highest BCUT2D eigenvalue weighted by Gasteiger charge is 2.17. The fraction of sp³-hybridized carbons (Fsp3) is 0.143. The van der Waals surface area contributed by atoms with Crippen molar-refractivity contribution in [3.8, 4) is 5.75 Å². The van der Waals surface area contributed by atoms with Crippen LogP contribution in [0.3, 0.4) is 0 Å². The number of allylic oxidation sites excluding steroid dienone is 1. The van der Waals surface area contributed by atoms with Gasteiger partial charge in [0.1, 0.15) is 5.75 Å². The monoisotopic (exact) mass is 404 g/mol. The number of hydrogen-bond acceptors (Lipinski definition) is 2. The van der Waals surface area contributed by atoms with Crippen LogP contribution in [0, 0.1) is 6.92 Å². The predicted molar refractivity (Wildman–Crippen MR) is 113 cm³/mol. The summed E-state index contributed by atoms with van der Waals surface area (Å²) in [5, 5.41) is 1.79. The van der Waals surface area contributed by atoms with Gasteiger partial charge in [0.2, 0.25) is 0 Å². The lowest BCUT2D eigenvalue weighted by atomic mass is 9.96. The van der Waals surface area contributed by atoms with Crippen LogP contribution in [-0.4, -0.2) is 0 Å². The molecule has 2 nitrogen and oxygen atoms in total. The molecule has 0 aliphatic heterocycles. The lowest BCUT2D eigenvalue weighted by Gasteiger charge is -2.11. The quantitative estimate of drug-likeness (QED) is 0.317. The molecule has 0 saturated carbocycles. The van der Waals surface area contributed by atoms with Gasteiger partial charge in [-0.05, 0) is 53.1 Å². The summed E-state index contributed by atoms with van der Waals surface area (Å²) < 4.78 is 16.9. The lowest BCUT2D eigenvalue weighted by Crippen LogP contribution is -1.88. The Bertz CT molecular complexity index is 1020. The van der Waals surface area contributed by atoms with Crippen LogP contribution in [0.25, 0.3) is 22.4 Å². The third-order valence-corrected chi connectivity index (χ3v) is 5.11. The number of aryl methyl sites for hydroxylation is 1. The van der Waals surface area contributed by atoms with Crippen molar-refractivity contribution in [3.05, 3.63) is 77.4 Å². The summed E-state index contributed by atoms with van der Waals surface area (Å²) in [5.41, 5.74) is 4.77. The van der Waals surface area contributed by atoms with E-state index in [4.69, 9.17) is 27.0 Å². The minimum Gasteiger partial charge on any atom is -0.422 e. The maximum atomic E-state index is 11.7. The summed E-state index contributed by atoms with van der Waals surface area (Å²) in [6.07, 6.45) is -0.583. The molecule has 0 aromatic heterocycles. The number of halogens is 2. The van der Waals surface area contributed by atoms with Crippen LogP contribution in [0.5, 0.6) is 5.75 Å². The van der Waals surface area contributed by atoms with Crippen LogP contribution in [0.1, 0.15) is 30.0 Å². The topological polar surface area (TPSA) is 26.3 Å². The van der Waals surface area contributed by atoms with Crippen molar-refractivity contribution >= 4 is 51.0 Å². The second-order valence-electron chi connectivity index (χ2n) is 6.08. The van der Waals surface area contributed by atoms with Crippen LogP contribution >= 0.6 is 28.6 Å². The van der Waals surface area contributed by atoms with Gasteiger partial charge in [0, 0.05) is 27.9 Å². The molecule has 0 aliphatic carbocycles. The third-order valence-electron chi connectivity index (χ3n) is 4.28. The molecule has 3 aromatic carbocycles. The highest BCUT2D eigenvalue weighted by Crippen LogP contribution is 2.57. The minimum atomic E-state index is -3.67. The van der Waals surface area contributed by atoms with E-state index in [2.05, 4.69) is 44.2 Å². The van der Waals surface area contributed by atoms with Gasteiger partial charge in [0.05, 0.1) is 0 Å². The molecule has 0 unspecified atom stereocenters. The van der Waals surface area contributed by atoms with Crippen LogP contribution in [0.4, 0.5) is 0 Å². The summed E-state index contributed by atoms with van der Waals surface area (Å²) in [5.74, 6) is 0.417. The van der Waals surface area contributed by atoms with Crippen molar-refractivity contribution in [2.45, 2.75) is 20.3 Å². The van der Waals surface area contributed by atoms with Gasteiger partial charge in [-0.25, -0.2) is 4.57 Å². The molecule has 0 heterocycles. The zero-order valence-corrected chi connectivity index (χ0v) is 17.0. The second-order valence-corrected chi connectivity index (χ2v) is 10.3. The number of benzene rings is 3. The van der Waals surface area contributed by atoms with Crippen molar-refractivity contribution in [1.29, 1.82) is 0 Å². The maximum absolute atomic E-state index is 11.7. The van der Waals surface area contributed by atoms with E-state index < -0.39 is 6.07 Å². The molecule has 0 amide bonds. The molecule has 0 spiro atoms. The van der Waals surface area contributed by atoms with E-state index in [0.717, 1.165) is 22.8 Å². The first-order valence-corrected chi connectivity index (χ1v) is 11.8. The Hall–Kier alpha value is -1.73. The standard InChI is InChI=1S/C21H19Cl2O2P/c1-3-17(19-9-5-4-7-15(19)2)13-16-11-12-18-8-6-10-21(20(18)14-16)25-26(22,23)24/h4-14H,3H2,1-2H3. The van der Waals surface area contributed by atoms with Gasteiger partial charge in [-0.2, -0.15) is 0 Å². The molecule has 5 heteroatoms. The molecule has 0 radical (unpaired) electrons. The fourth-order valence-corrected chi connectivity index (χ4v) is 3.88. The summed E-state index contributed by atoms with van der Waals surface area (Å²) >= 11 is 11.2. The summed E-state index contributed by atoms with van der Waals surface area (Å²) in [6.45, 7) is 4.26. The van der Waals surface area contributed by atoms with Gasteiger partial charge in [0.25, 0.3) is 0 Å². The van der Waals surface area contributed by atoms with Crippen molar-refractivity contribution < 1.29 is 9.09 Å². The molecule has 26 heavy (non-hydrogen) atoms. The van der Waals surface area contributed by atoms with Crippen LogP contribution in [0.2, 0.25) is 0 Å². The fourth-order valence-electron chi connectivity index (χ4n) is 3.05. The summed E-state index contributed by atoms with van der Waals surface area (Å²) in [4.78, 5) is 0. The zero-order chi connectivity index (χ0) is 18.7. The average molecular weight is 405 g/mol. The van der Waals surface area contributed by atoms with Crippen molar-refractivity contribution in [2.24, 2.45) is 0 Å². The largest absolute Gasteiger partial charge is 0.428 e. The Morgan fingerprint density at radius 3 is 2.54 bits per heavy atom. The first kappa shape index (κ1) is 19.0. The molecule has 0 atom stereocenters. The lowest BCUT2D eigenvalue weighted by molar-refractivity contribution is 0.516. The van der Waals surface area contributed by atoms with Crippen molar-refractivity contribution in [2.75, 3.05) is 0 Å². The van der Waals surface area contributed by atoms with E-state index >= 15 is 0 Å². The highest BCUT2D eigenvalue weighted by molar-refractivity contribution is 8.05. The Kier molecular flexibility index (Phi) is 5.77. The predicted octanol–water partition coefficient (Wildman–Crippen LogP) is 8.06. The highest BCUT2D eigenvalue weighted by atomic mass is 35.9. The maximum Gasteiger partial charge on any atom is 0.428 e. The van der Waals surface area contributed by atoms with Gasteiger partial charge < -0.3 is 4.52 Å². The van der Waals surface area contributed by atoms with Crippen molar-refractivity contribution in [3.63, 3.8) is 0 Å². The molecule has 3 rings (SSSR count). The van der Waals surface area contributed by atoms with Gasteiger partial charge in [-0.3, -0.25) is 0 Å². The van der Waals surface area contributed by atoms with Crippen LogP contribution < -0.4 is 4.52 Å². The molecule has 0 bridgehead atoms. The van der Waals surface area contributed by atoms with E-state index in [1.165, 1.54) is 16.7 Å². The number of fused-ring (bicyclic) bond motifs is 1. The van der Waals surface area contributed by atoms with E-state index in [1.54, 1.807) is 6.07 Å². The normalized spacial score (nSPS) is 12.4. The Morgan fingerprint density at radius 2 is 1.85 bits per heavy atom. The number of hydrogen-bond donors (Lipinski definition) is 0. The molecular formula is C21H19Cl2O2P. The average Bonchev–Trinajstić information content (AvgIpc) is 2.59. The Balaban J connectivity index is 2.09. The Morgan fingerprint density at radius 1 is 1.08 bits per heavy atom. The summed E-state index contributed by atoms with van der Waals surface area (Å²) in [6, 6.07) is 19.9. The number of rotatable bonds is 5. The van der Waals surface area contributed by atoms with Gasteiger partial charge in [0.15, 0.2) is 0 Å². The molecule has 134 valence electrons. The third kappa shape index (κ3) is 4.51. The summed E-state index contributed by atoms with van der Waals surface area (Å²) in [7, 11) is 0. The van der Waals surface area contributed by atoms with Gasteiger partial charge in [-0.1, -0.05) is 61.5 Å². The zero-order valence-electron chi connectivity index (χ0n) is 14.6. The van der Waals surface area contributed by atoms with E-state index in [9.17, 15) is 4.57 Å². The van der Waals surface area contributed by atoms with Gasteiger partial charge in [-0.15, -0.1) is 0 Å². The molecule has 3 aromatic rings.